The van der Waals surface area contributed by atoms with Gasteiger partial charge in [-0.2, -0.15) is 5.26 Å². The van der Waals surface area contributed by atoms with Crippen molar-refractivity contribution in [2.24, 2.45) is 5.41 Å². The molecule has 0 aliphatic heterocycles. The van der Waals surface area contributed by atoms with Gasteiger partial charge in [-0.3, -0.25) is 0 Å². The highest BCUT2D eigenvalue weighted by molar-refractivity contribution is 5.01. The molecule has 2 aliphatic rings. The Morgan fingerprint density at radius 2 is 2.15 bits per heavy atom. The minimum atomic E-state index is -0.0800. The van der Waals surface area contributed by atoms with E-state index in [2.05, 4.69) is 11.4 Å². The Kier molecular flexibility index (Phi) is 2.27. The van der Waals surface area contributed by atoms with Gasteiger partial charge in [-0.25, -0.2) is 0 Å². The zero-order chi connectivity index (χ0) is 9.31. The zero-order valence-electron chi connectivity index (χ0n) is 7.79. The summed E-state index contributed by atoms with van der Waals surface area (Å²) >= 11 is 0. The first-order chi connectivity index (χ1) is 6.24. The molecule has 0 aromatic carbocycles. The van der Waals surface area contributed by atoms with Crippen LogP contribution in [0.1, 0.15) is 32.1 Å². The number of aliphatic hydroxyl groups is 1. The van der Waals surface area contributed by atoms with Crippen molar-refractivity contribution in [2.75, 3.05) is 6.54 Å². The van der Waals surface area contributed by atoms with E-state index in [0.717, 1.165) is 19.4 Å². The van der Waals surface area contributed by atoms with Crippen LogP contribution in [0.25, 0.3) is 0 Å². The lowest BCUT2D eigenvalue weighted by atomic mass is 9.89. The summed E-state index contributed by atoms with van der Waals surface area (Å²) in [6.07, 6.45) is 4.79. The lowest BCUT2D eigenvalue weighted by Gasteiger charge is -2.33. The summed E-state index contributed by atoms with van der Waals surface area (Å²) in [5.74, 6) is 0. The number of nitriles is 1. The Labute approximate surface area is 78.7 Å². The smallest absolute Gasteiger partial charge is 0.0628 e. The Bertz CT molecular complexity index is 224. The van der Waals surface area contributed by atoms with E-state index < -0.39 is 0 Å². The third kappa shape index (κ3) is 2.01. The van der Waals surface area contributed by atoms with Gasteiger partial charge >= 0.3 is 0 Å². The molecule has 0 spiro atoms. The number of hydrogen-bond donors (Lipinski definition) is 2. The van der Waals surface area contributed by atoms with E-state index in [9.17, 15) is 0 Å². The van der Waals surface area contributed by atoms with Crippen molar-refractivity contribution in [3.8, 4) is 6.07 Å². The highest BCUT2D eigenvalue weighted by Gasteiger charge is 2.43. The van der Waals surface area contributed by atoms with Crippen LogP contribution in [0.15, 0.2) is 0 Å². The summed E-state index contributed by atoms with van der Waals surface area (Å²) in [6.45, 7) is 0.970. The van der Waals surface area contributed by atoms with Gasteiger partial charge in [-0.1, -0.05) is 0 Å². The lowest BCUT2D eigenvalue weighted by Crippen LogP contribution is -2.46. The molecule has 0 atom stereocenters. The molecule has 2 rings (SSSR count). The highest BCUT2D eigenvalue weighted by atomic mass is 16.3. The topological polar surface area (TPSA) is 56.0 Å². The van der Waals surface area contributed by atoms with Crippen LogP contribution in [0.2, 0.25) is 0 Å². The molecule has 13 heavy (non-hydrogen) atoms. The maximum absolute atomic E-state index is 9.07. The van der Waals surface area contributed by atoms with E-state index in [4.69, 9.17) is 10.4 Å². The number of nitrogens with one attached hydrogen (secondary N) is 1. The Morgan fingerprint density at radius 3 is 2.62 bits per heavy atom. The monoisotopic (exact) mass is 180 g/mol. The highest BCUT2D eigenvalue weighted by Crippen LogP contribution is 2.48. The quantitative estimate of drug-likeness (QED) is 0.672. The maximum Gasteiger partial charge on any atom is 0.0628 e. The molecule has 0 bridgehead atoms. The molecule has 0 saturated heterocycles. The van der Waals surface area contributed by atoms with Gasteiger partial charge in [0.1, 0.15) is 0 Å². The Balaban J connectivity index is 1.66. The van der Waals surface area contributed by atoms with Gasteiger partial charge in [-0.05, 0) is 31.1 Å². The van der Waals surface area contributed by atoms with Crippen LogP contribution in [0.5, 0.6) is 0 Å². The van der Waals surface area contributed by atoms with E-state index >= 15 is 0 Å². The summed E-state index contributed by atoms with van der Waals surface area (Å²) in [6, 6.07) is 2.76. The van der Waals surface area contributed by atoms with Crippen LogP contribution in [-0.4, -0.2) is 23.8 Å². The molecule has 2 fully saturated rings. The van der Waals surface area contributed by atoms with Crippen molar-refractivity contribution in [2.45, 2.75) is 44.2 Å². The van der Waals surface area contributed by atoms with Gasteiger partial charge in [0.15, 0.2) is 0 Å². The first kappa shape index (κ1) is 8.98. The number of rotatable bonds is 4. The van der Waals surface area contributed by atoms with Crippen LogP contribution in [0, 0.1) is 16.7 Å². The summed E-state index contributed by atoms with van der Waals surface area (Å²) in [7, 11) is 0. The Hall–Kier alpha value is -0.590. The molecule has 0 aromatic heterocycles. The van der Waals surface area contributed by atoms with E-state index in [-0.39, 0.29) is 6.10 Å². The normalized spacial score (nSPS) is 34.8. The predicted octanol–water partition coefficient (Wildman–Crippen LogP) is 0.793. The maximum atomic E-state index is 9.07. The second kappa shape index (κ2) is 3.28. The standard InChI is InChI=1S/C10H16N2O/c11-4-3-10(1-2-10)7-12-8-5-9(13)6-8/h8-9,12-13H,1-3,5-7H2. The number of aliphatic hydroxyl groups excluding tert-OH is 1. The van der Waals surface area contributed by atoms with E-state index in [1.807, 2.05) is 0 Å². The van der Waals surface area contributed by atoms with Crippen molar-refractivity contribution in [1.29, 1.82) is 5.26 Å². The van der Waals surface area contributed by atoms with Crippen LogP contribution < -0.4 is 5.32 Å². The fourth-order valence-electron chi connectivity index (χ4n) is 1.88. The SMILES string of the molecule is N#CCC1(CNC2CC(O)C2)CC1. The third-order valence-corrected chi connectivity index (χ3v) is 3.29. The fraction of sp³-hybridized carbons (Fsp3) is 0.900. The van der Waals surface area contributed by atoms with E-state index in [0.29, 0.717) is 17.9 Å². The molecule has 2 aliphatic carbocycles. The fourth-order valence-corrected chi connectivity index (χ4v) is 1.88. The number of nitrogens with zero attached hydrogens (tertiary/aromatic N) is 1. The molecule has 0 heterocycles. The molecule has 72 valence electrons. The van der Waals surface area contributed by atoms with Gasteiger partial charge in [0.05, 0.1) is 12.2 Å². The second-order valence-electron chi connectivity index (χ2n) is 4.54. The second-order valence-corrected chi connectivity index (χ2v) is 4.54. The van der Waals surface area contributed by atoms with Crippen LogP contribution in [-0.2, 0) is 0 Å². The predicted molar refractivity (Wildman–Crippen MR) is 48.9 cm³/mol. The van der Waals surface area contributed by atoms with Crippen molar-refractivity contribution in [3.63, 3.8) is 0 Å². The molecule has 2 N–H and O–H groups in total. The molecule has 3 heteroatoms. The molecule has 0 radical (unpaired) electrons. The van der Waals surface area contributed by atoms with Gasteiger partial charge < -0.3 is 10.4 Å². The van der Waals surface area contributed by atoms with Gasteiger partial charge in [0, 0.05) is 19.0 Å². The van der Waals surface area contributed by atoms with E-state index in [1.54, 1.807) is 0 Å². The minimum Gasteiger partial charge on any atom is -0.393 e. The zero-order valence-corrected chi connectivity index (χ0v) is 7.79. The first-order valence-electron chi connectivity index (χ1n) is 5.02. The average Bonchev–Trinajstić information content (AvgIpc) is 2.78. The van der Waals surface area contributed by atoms with Crippen molar-refractivity contribution < 1.29 is 5.11 Å². The van der Waals surface area contributed by atoms with Gasteiger partial charge in [0.25, 0.3) is 0 Å². The molecule has 0 aromatic rings. The minimum absolute atomic E-state index is 0.0800. The summed E-state index contributed by atoms with van der Waals surface area (Å²) in [4.78, 5) is 0. The molecule has 3 nitrogen and oxygen atoms in total. The molecule has 0 unspecified atom stereocenters. The summed E-state index contributed by atoms with van der Waals surface area (Å²) < 4.78 is 0. The molecule has 0 amide bonds. The van der Waals surface area contributed by atoms with Crippen LogP contribution in [0.3, 0.4) is 0 Å². The largest absolute Gasteiger partial charge is 0.393 e. The summed E-state index contributed by atoms with van der Waals surface area (Å²) in [5.41, 5.74) is 0.301. The van der Waals surface area contributed by atoms with Crippen molar-refractivity contribution in [1.82, 2.24) is 5.32 Å². The first-order valence-corrected chi connectivity index (χ1v) is 5.02. The van der Waals surface area contributed by atoms with E-state index in [1.165, 1.54) is 12.8 Å². The average molecular weight is 180 g/mol. The van der Waals surface area contributed by atoms with Gasteiger partial charge in [0.2, 0.25) is 0 Å². The van der Waals surface area contributed by atoms with Crippen LogP contribution in [0.4, 0.5) is 0 Å². The summed E-state index contributed by atoms with van der Waals surface area (Å²) in [5, 5.41) is 21.1. The lowest BCUT2D eigenvalue weighted by molar-refractivity contribution is 0.0604. The molecular weight excluding hydrogens is 164 g/mol. The van der Waals surface area contributed by atoms with Crippen molar-refractivity contribution >= 4 is 0 Å². The molecule has 2 saturated carbocycles. The van der Waals surface area contributed by atoms with Crippen molar-refractivity contribution in [3.05, 3.63) is 0 Å². The van der Waals surface area contributed by atoms with Crippen LogP contribution >= 0.6 is 0 Å². The Morgan fingerprint density at radius 1 is 1.46 bits per heavy atom. The number of hydrogen-bond acceptors (Lipinski definition) is 3. The third-order valence-electron chi connectivity index (χ3n) is 3.29. The molecular formula is C10H16N2O. The van der Waals surface area contributed by atoms with Gasteiger partial charge in [-0.15, -0.1) is 0 Å².